The van der Waals surface area contributed by atoms with Gasteiger partial charge in [-0.1, -0.05) is 0 Å². The first kappa shape index (κ1) is 5.34. The highest BCUT2D eigenvalue weighted by Crippen LogP contribution is 1.94. The molecule has 0 bridgehead atoms. The third-order valence-electron chi connectivity index (χ3n) is 1.19. The van der Waals surface area contributed by atoms with Gasteiger partial charge in [-0.15, -0.1) is 0 Å². The second kappa shape index (κ2) is 2.06. The van der Waals surface area contributed by atoms with Crippen molar-refractivity contribution in [2.24, 2.45) is 3.21 Å². The van der Waals surface area contributed by atoms with Crippen LogP contribution in [0, 0.1) is 0 Å². The van der Waals surface area contributed by atoms with Crippen LogP contribution in [0.25, 0.3) is 6.08 Å². The minimum atomic E-state index is -0.0350. The molecule has 0 radical (unpaired) electrons. The third-order valence-corrected chi connectivity index (χ3v) is 2.63. The highest BCUT2D eigenvalue weighted by atomic mass is 127. The molecule has 0 spiro atoms. The lowest BCUT2D eigenvalue weighted by atomic mass is 10.4. The molecule has 1 aromatic heterocycles. The van der Waals surface area contributed by atoms with Gasteiger partial charge in [-0.25, -0.2) is 3.21 Å². The second-order valence-corrected chi connectivity index (χ2v) is 3.52. The molecule has 2 heterocycles. The van der Waals surface area contributed by atoms with E-state index < -0.39 is 0 Å². The number of nitrogens with zero attached hydrogens (tertiary/aromatic N) is 1. The normalized spacial score (nSPS) is 14.7. The van der Waals surface area contributed by atoms with Gasteiger partial charge < -0.3 is 4.98 Å². The van der Waals surface area contributed by atoms with Gasteiger partial charge in [0.25, 0.3) is 0 Å². The van der Waals surface area contributed by atoms with E-state index in [0.717, 1.165) is 5.49 Å². The molecule has 1 aromatic rings. The van der Waals surface area contributed by atoms with E-state index in [-0.39, 0.29) is 21.0 Å². The van der Waals surface area contributed by atoms with Crippen molar-refractivity contribution in [1.82, 2.24) is 4.98 Å². The van der Waals surface area contributed by atoms with E-state index in [1.165, 1.54) is 5.22 Å². The average Bonchev–Trinajstić information content (AvgIpc) is 2.33. The van der Waals surface area contributed by atoms with Gasteiger partial charge in [-0.05, 0) is 16.2 Å². The minimum Gasteiger partial charge on any atom is -0.346 e. The van der Waals surface area contributed by atoms with E-state index in [0.29, 0.717) is 0 Å². The summed E-state index contributed by atoms with van der Waals surface area (Å²) in [5, 5.41) is 1.22. The number of nitrogens with one attached hydrogen (secondary N) is 1. The number of aromatic nitrogens is 1. The fourth-order valence-corrected chi connectivity index (χ4v) is 2.16. The SMILES string of the molecule is C1=IN=c2[nH]ccc2=C1. The number of aromatic amines is 1. The number of fused-ring (bicyclic) bond motifs is 1. The van der Waals surface area contributed by atoms with Crippen molar-refractivity contribution in [2.75, 3.05) is 0 Å². The van der Waals surface area contributed by atoms with Gasteiger partial charge in [0, 0.05) is 32.4 Å². The molecule has 0 aromatic carbocycles. The lowest BCUT2D eigenvalue weighted by Gasteiger charge is -1.80. The highest BCUT2D eigenvalue weighted by molar-refractivity contribution is 14.2. The molecular formula is C6H5IN2. The molecule has 0 amide bonds. The largest absolute Gasteiger partial charge is 0.346 e. The van der Waals surface area contributed by atoms with E-state index in [4.69, 9.17) is 0 Å². The van der Waals surface area contributed by atoms with Gasteiger partial charge in [-0.3, -0.25) is 0 Å². The van der Waals surface area contributed by atoms with E-state index >= 15 is 0 Å². The molecule has 0 fully saturated rings. The fourth-order valence-electron chi connectivity index (χ4n) is 0.753. The van der Waals surface area contributed by atoms with E-state index in [1.807, 2.05) is 12.3 Å². The summed E-state index contributed by atoms with van der Waals surface area (Å²) in [5.74, 6) is 0. The Balaban J connectivity index is 2.99. The molecule has 0 saturated carbocycles. The van der Waals surface area contributed by atoms with Crippen molar-refractivity contribution in [3.05, 3.63) is 23.0 Å². The van der Waals surface area contributed by atoms with Crippen molar-refractivity contribution in [1.29, 1.82) is 0 Å². The summed E-state index contributed by atoms with van der Waals surface area (Å²) in [6.07, 6.45) is 4.06. The van der Waals surface area contributed by atoms with Crippen molar-refractivity contribution in [3.8, 4) is 0 Å². The smallest absolute Gasteiger partial charge is 0.143 e. The molecule has 9 heavy (non-hydrogen) atoms. The van der Waals surface area contributed by atoms with Crippen LogP contribution in [-0.4, -0.2) is 9.00 Å². The summed E-state index contributed by atoms with van der Waals surface area (Å²) < 4.78 is 6.48. The van der Waals surface area contributed by atoms with Crippen LogP contribution in [0.5, 0.6) is 0 Å². The third kappa shape index (κ3) is 0.849. The zero-order chi connectivity index (χ0) is 6.10. The Kier molecular flexibility index (Phi) is 1.22. The van der Waals surface area contributed by atoms with E-state index in [1.54, 1.807) is 0 Å². The minimum absolute atomic E-state index is 0.0350. The number of H-pyrrole nitrogens is 1. The molecule has 0 atom stereocenters. The van der Waals surface area contributed by atoms with Crippen molar-refractivity contribution < 1.29 is 0 Å². The predicted octanol–water partition coefficient (Wildman–Crippen LogP) is 0.116. The first-order chi connectivity index (χ1) is 4.47. The summed E-state index contributed by atoms with van der Waals surface area (Å²) in [5.41, 5.74) is 1.06. The van der Waals surface area contributed by atoms with Gasteiger partial charge in [0.2, 0.25) is 0 Å². The van der Waals surface area contributed by atoms with E-state index in [2.05, 4.69) is 18.3 Å². The van der Waals surface area contributed by atoms with Gasteiger partial charge >= 0.3 is 0 Å². The van der Waals surface area contributed by atoms with Crippen molar-refractivity contribution >= 4 is 31.1 Å². The summed E-state index contributed by atoms with van der Waals surface area (Å²) >= 11 is -0.0350. The molecule has 0 saturated heterocycles. The summed E-state index contributed by atoms with van der Waals surface area (Å²) in [6.45, 7) is 0. The Morgan fingerprint density at radius 1 is 1.56 bits per heavy atom. The highest BCUT2D eigenvalue weighted by Gasteiger charge is 1.86. The van der Waals surface area contributed by atoms with E-state index in [9.17, 15) is 0 Å². The molecule has 0 aliphatic carbocycles. The molecule has 1 aliphatic heterocycles. The van der Waals surface area contributed by atoms with Gasteiger partial charge in [0.1, 0.15) is 5.49 Å². The summed E-state index contributed by atoms with van der Waals surface area (Å²) in [4.78, 5) is 3.07. The van der Waals surface area contributed by atoms with Gasteiger partial charge in [0.05, 0.1) is 0 Å². The van der Waals surface area contributed by atoms with Crippen LogP contribution in [0.4, 0.5) is 0 Å². The number of hydrogen-bond acceptors (Lipinski definition) is 1. The Hall–Kier alpha value is -0.450. The standard InChI is InChI=1S/C6H5IN2/c1-3-7-9-6-5(1)2-4-8-6/h1-4H,(H,8,9). The Morgan fingerprint density at radius 3 is 3.44 bits per heavy atom. The Morgan fingerprint density at radius 2 is 2.56 bits per heavy atom. The number of hydrogen-bond donors (Lipinski definition) is 1. The molecule has 1 N–H and O–H groups in total. The molecule has 2 nitrogen and oxygen atoms in total. The van der Waals surface area contributed by atoms with Crippen LogP contribution in [0.15, 0.2) is 15.5 Å². The number of rotatable bonds is 0. The zero-order valence-corrected chi connectivity index (χ0v) is 6.79. The lowest BCUT2D eigenvalue weighted by molar-refractivity contribution is 1.25. The lowest BCUT2D eigenvalue weighted by Crippen LogP contribution is -2.22. The van der Waals surface area contributed by atoms with Crippen LogP contribution in [-0.2, 0) is 0 Å². The maximum Gasteiger partial charge on any atom is 0.143 e. The first-order valence-corrected chi connectivity index (χ1v) is 4.85. The monoisotopic (exact) mass is 232 g/mol. The Labute approximate surface area is 62.4 Å². The van der Waals surface area contributed by atoms with Crippen LogP contribution in [0.3, 0.4) is 0 Å². The van der Waals surface area contributed by atoms with Gasteiger partial charge in [0.15, 0.2) is 0 Å². The topological polar surface area (TPSA) is 28.1 Å². The maximum absolute atomic E-state index is 4.32. The quantitative estimate of drug-likeness (QED) is 0.615. The first-order valence-electron chi connectivity index (χ1n) is 2.64. The molecule has 1 aliphatic rings. The zero-order valence-electron chi connectivity index (χ0n) is 4.63. The molecular weight excluding hydrogens is 227 g/mol. The fraction of sp³-hybridized carbons (Fsp3) is 0. The summed E-state index contributed by atoms with van der Waals surface area (Å²) in [6, 6.07) is 2.04. The number of halogens is 1. The average molecular weight is 232 g/mol. The van der Waals surface area contributed by atoms with Crippen molar-refractivity contribution in [2.45, 2.75) is 0 Å². The van der Waals surface area contributed by atoms with Crippen LogP contribution >= 0.6 is 21.0 Å². The summed E-state index contributed by atoms with van der Waals surface area (Å²) in [7, 11) is 0. The predicted molar refractivity (Wildman–Crippen MR) is 46.1 cm³/mol. The molecule has 46 valence electrons. The molecule has 2 rings (SSSR count). The van der Waals surface area contributed by atoms with Crippen molar-refractivity contribution in [3.63, 3.8) is 0 Å². The second-order valence-electron chi connectivity index (χ2n) is 1.76. The van der Waals surface area contributed by atoms with Crippen LogP contribution in [0.2, 0.25) is 0 Å². The van der Waals surface area contributed by atoms with Crippen LogP contribution < -0.4 is 10.7 Å². The molecule has 0 unspecified atom stereocenters. The van der Waals surface area contributed by atoms with Crippen LogP contribution in [0.1, 0.15) is 0 Å². The molecule has 3 heteroatoms. The Bertz CT molecular complexity index is 315. The maximum atomic E-state index is 4.32. The van der Waals surface area contributed by atoms with Gasteiger partial charge in [-0.2, -0.15) is 0 Å².